The Morgan fingerprint density at radius 2 is 1.69 bits per heavy atom. The Labute approximate surface area is 243 Å². The van der Waals surface area contributed by atoms with Crippen LogP contribution in [0.4, 0.5) is 24.8 Å². The molecule has 0 spiro atoms. The normalized spacial score (nSPS) is 16.2. The Morgan fingerprint density at radius 1 is 1.02 bits per heavy atom. The summed E-state index contributed by atoms with van der Waals surface area (Å²) in [7, 11) is 0. The number of alkyl halides is 3. The van der Waals surface area contributed by atoms with E-state index in [1.807, 2.05) is 44.7 Å². The number of nitrogen functional groups attached to an aromatic ring is 1. The maximum absolute atomic E-state index is 13.0. The maximum Gasteiger partial charge on any atom is 0.416 e. The Hall–Kier alpha value is -4.66. The van der Waals surface area contributed by atoms with E-state index in [0.29, 0.717) is 11.3 Å². The van der Waals surface area contributed by atoms with E-state index in [1.165, 1.54) is 6.33 Å². The van der Waals surface area contributed by atoms with Crippen molar-refractivity contribution in [1.82, 2.24) is 24.8 Å². The molecule has 1 fully saturated rings. The summed E-state index contributed by atoms with van der Waals surface area (Å²) in [5, 5.41) is 14.2. The number of hydrogen-bond acceptors (Lipinski definition) is 7. The second-order valence-electron chi connectivity index (χ2n) is 9.14. The van der Waals surface area contributed by atoms with Crippen molar-refractivity contribution in [3.63, 3.8) is 0 Å². The lowest BCUT2D eigenvalue weighted by Gasteiger charge is -2.27. The number of anilines is 2. The number of nitrogens with one attached hydrogen (secondary N) is 2. The van der Waals surface area contributed by atoms with E-state index in [-0.39, 0.29) is 23.3 Å². The first-order valence-electron chi connectivity index (χ1n) is 14.0. The molecular weight excluding hydrogens is 545 g/mol. The molecule has 5 rings (SSSR count). The third-order valence-corrected chi connectivity index (χ3v) is 6.81. The molecule has 0 saturated heterocycles. The number of rotatable bonds is 5. The third-order valence-electron chi connectivity index (χ3n) is 6.81. The average molecular weight is 581 g/mol. The summed E-state index contributed by atoms with van der Waals surface area (Å²) in [5.41, 5.74) is 8.76. The molecule has 0 radical (unpaired) electrons. The van der Waals surface area contributed by atoms with Gasteiger partial charge in [-0.25, -0.2) is 15.0 Å². The van der Waals surface area contributed by atoms with Crippen LogP contribution in [-0.2, 0) is 6.18 Å². The minimum atomic E-state index is -4.54. The predicted octanol–water partition coefficient (Wildman–Crippen LogP) is 6.82. The highest BCUT2D eigenvalue weighted by Gasteiger charge is 2.31. The zero-order valence-electron chi connectivity index (χ0n) is 24.0. The molecule has 0 aliphatic heterocycles. The van der Waals surface area contributed by atoms with Crippen molar-refractivity contribution in [2.24, 2.45) is 0 Å². The molecule has 0 unspecified atom stereocenters. The maximum atomic E-state index is 13.0. The number of carbonyl (C=O) groups excluding carboxylic acids is 1. The predicted molar refractivity (Wildman–Crippen MR) is 157 cm³/mol. The van der Waals surface area contributed by atoms with E-state index in [1.54, 1.807) is 24.3 Å². The summed E-state index contributed by atoms with van der Waals surface area (Å²) in [6.07, 6.45) is 5.43. The van der Waals surface area contributed by atoms with Gasteiger partial charge >= 0.3 is 6.18 Å². The van der Waals surface area contributed by atoms with Gasteiger partial charge in [-0.2, -0.15) is 18.4 Å². The Balaban J connectivity index is 0.00000116. The molecule has 1 amide bonds. The van der Waals surface area contributed by atoms with Gasteiger partial charge in [0.25, 0.3) is 5.91 Å². The molecule has 3 heterocycles. The summed E-state index contributed by atoms with van der Waals surface area (Å²) >= 11 is 0. The Kier molecular flexibility index (Phi) is 10.8. The minimum Gasteiger partial charge on any atom is -0.382 e. The molecule has 9 nitrogen and oxygen atoms in total. The number of hydrogen-bond donors (Lipinski definition) is 3. The van der Waals surface area contributed by atoms with E-state index in [0.717, 1.165) is 60.8 Å². The van der Waals surface area contributed by atoms with E-state index < -0.39 is 17.6 Å². The van der Waals surface area contributed by atoms with Gasteiger partial charge in [-0.05, 0) is 73.6 Å². The Morgan fingerprint density at radius 3 is 2.31 bits per heavy atom. The lowest BCUT2D eigenvalue weighted by Crippen LogP contribution is -2.29. The highest BCUT2D eigenvalue weighted by atomic mass is 19.4. The van der Waals surface area contributed by atoms with E-state index >= 15 is 0 Å². The van der Waals surface area contributed by atoms with Crippen molar-refractivity contribution >= 4 is 28.6 Å². The number of carbonyl (C=O) groups is 1. The fraction of sp³-hybridized carbons (Fsp3) is 0.367. The first kappa shape index (κ1) is 31.9. The van der Waals surface area contributed by atoms with Crippen molar-refractivity contribution in [2.45, 2.75) is 71.5 Å². The van der Waals surface area contributed by atoms with Crippen molar-refractivity contribution in [1.29, 1.82) is 5.26 Å². The largest absolute Gasteiger partial charge is 0.416 e. The number of benzene rings is 1. The number of nitrogens with zero attached hydrogens (tertiary/aromatic N) is 5. The lowest BCUT2D eigenvalue weighted by atomic mass is 9.82. The van der Waals surface area contributed by atoms with Crippen molar-refractivity contribution in [2.75, 3.05) is 11.1 Å². The monoisotopic (exact) mass is 580 g/mol. The van der Waals surface area contributed by atoms with Gasteiger partial charge in [-0.3, -0.25) is 4.79 Å². The molecule has 3 aromatic heterocycles. The molecule has 4 N–H and O–H groups in total. The van der Waals surface area contributed by atoms with Crippen LogP contribution in [0.3, 0.4) is 0 Å². The van der Waals surface area contributed by atoms with Crippen LogP contribution in [0.25, 0.3) is 16.7 Å². The van der Waals surface area contributed by atoms with Gasteiger partial charge < -0.3 is 20.9 Å². The van der Waals surface area contributed by atoms with Crippen LogP contribution in [-0.4, -0.2) is 31.5 Å². The SMILES string of the molecule is CC.CC.N#CNC1CCC(c2cn(-c3ccc(C(=O)Nc4cc(C(F)(F)F)ccn4)cc3)c3c(N)ncnc23)CC1. The molecule has 1 aromatic carbocycles. The number of halogens is 3. The number of aromatic nitrogens is 4. The topological polar surface area (TPSA) is 135 Å². The highest BCUT2D eigenvalue weighted by molar-refractivity contribution is 6.04. The number of pyridine rings is 1. The van der Waals surface area contributed by atoms with Crippen molar-refractivity contribution in [3.8, 4) is 11.9 Å². The van der Waals surface area contributed by atoms with Gasteiger partial charge in [0.15, 0.2) is 12.0 Å². The van der Waals surface area contributed by atoms with E-state index in [4.69, 9.17) is 11.0 Å². The molecule has 12 heteroatoms. The fourth-order valence-electron chi connectivity index (χ4n) is 4.89. The first-order valence-corrected chi connectivity index (χ1v) is 14.0. The van der Waals surface area contributed by atoms with Crippen LogP contribution in [0.5, 0.6) is 0 Å². The quantitative estimate of drug-likeness (QED) is 0.174. The van der Waals surface area contributed by atoms with Gasteiger partial charge in [0.1, 0.15) is 17.7 Å². The molecule has 222 valence electrons. The van der Waals surface area contributed by atoms with Crippen molar-refractivity contribution < 1.29 is 18.0 Å². The molecule has 1 aliphatic carbocycles. The van der Waals surface area contributed by atoms with E-state index in [9.17, 15) is 18.0 Å². The Bertz CT molecular complexity index is 1520. The molecule has 0 atom stereocenters. The number of fused-ring (bicyclic) bond motifs is 1. The van der Waals surface area contributed by atoms with Gasteiger partial charge in [-0.15, -0.1) is 0 Å². The van der Waals surface area contributed by atoms with Crippen LogP contribution in [0.2, 0.25) is 0 Å². The summed E-state index contributed by atoms with van der Waals surface area (Å²) in [6.45, 7) is 8.00. The first-order chi connectivity index (χ1) is 20.2. The zero-order chi connectivity index (χ0) is 30.9. The standard InChI is InChI=1S/C26H23F3N8O.2C2H6/c27-26(28,29)17-9-10-32-21(11-17)36-25(38)16-3-7-19(8-4-16)37-12-20(22-23(37)24(31)35-14-34-22)15-1-5-18(6-2-15)33-13-30;2*1-2/h3-4,7-12,14-15,18,33H,1-2,5-6H2,(H2,31,34,35)(H,32,36,38);2*1-2H3. The summed E-state index contributed by atoms with van der Waals surface area (Å²) in [4.78, 5) is 25.1. The van der Waals surface area contributed by atoms with Gasteiger partial charge in [0.05, 0.1) is 11.1 Å². The van der Waals surface area contributed by atoms with Crippen LogP contribution in [0, 0.1) is 11.5 Å². The summed E-state index contributed by atoms with van der Waals surface area (Å²) in [6, 6.07) is 8.38. The third kappa shape index (κ3) is 7.15. The summed E-state index contributed by atoms with van der Waals surface area (Å²) < 4.78 is 40.8. The number of nitriles is 1. The van der Waals surface area contributed by atoms with Crippen molar-refractivity contribution in [3.05, 3.63) is 71.8 Å². The fourth-order valence-corrected chi connectivity index (χ4v) is 4.89. The van der Waals surface area contributed by atoms with Gasteiger partial charge in [-0.1, -0.05) is 27.7 Å². The average Bonchev–Trinajstić information content (AvgIpc) is 3.41. The molecule has 42 heavy (non-hydrogen) atoms. The second kappa shape index (κ2) is 14.3. The summed E-state index contributed by atoms with van der Waals surface area (Å²) in [5.74, 6) is -0.222. The van der Waals surface area contributed by atoms with Gasteiger partial charge in [0, 0.05) is 29.7 Å². The minimum absolute atomic E-state index is 0.175. The molecule has 1 aliphatic rings. The number of nitrogens with two attached hydrogens (primary N) is 1. The van der Waals surface area contributed by atoms with Crippen LogP contribution < -0.4 is 16.4 Å². The van der Waals surface area contributed by atoms with E-state index in [2.05, 4.69) is 25.6 Å². The van der Waals surface area contributed by atoms with Gasteiger partial charge in [0.2, 0.25) is 0 Å². The van der Waals surface area contributed by atoms with Crippen LogP contribution >= 0.6 is 0 Å². The van der Waals surface area contributed by atoms with Crippen LogP contribution in [0.15, 0.2) is 55.1 Å². The smallest absolute Gasteiger partial charge is 0.382 e. The molecule has 1 saturated carbocycles. The lowest BCUT2D eigenvalue weighted by molar-refractivity contribution is -0.137. The molecular formula is C30H35F3N8O. The zero-order valence-corrected chi connectivity index (χ0v) is 24.0. The number of amides is 1. The molecule has 4 aromatic rings. The second-order valence-corrected chi connectivity index (χ2v) is 9.14. The van der Waals surface area contributed by atoms with Crippen LogP contribution in [0.1, 0.15) is 80.8 Å². The highest BCUT2D eigenvalue weighted by Crippen LogP contribution is 2.38. The molecule has 0 bridgehead atoms.